The van der Waals surface area contributed by atoms with E-state index in [4.69, 9.17) is 5.11 Å². The summed E-state index contributed by atoms with van der Waals surface area (Å²) in [6, 6.07) is 5.65. The van der Waals surface area contributed by atoms with E-state index in [-0.39, 0.29) is 0 Å². The van der Waals surface area contributed by atoms with Crippen molar-refractivity contribution in [3.05, 3.63) is 33.9 Å². The zero-order valence-corrected chi connectivity index (χ0v) is 11.0. The number of hydrogen-bond donors (Lipinski definition) is 1. The molecular formula is C13H12BrNO2. The van der Waals surface area contributed by atoms with Gasteiger partial charge in [-0.1, -0.05) is 0 Å². The maximum absolute atomic E-state index is 11.1. The summed E-state index contributed by atoms with van der Waals surface area (Å²) in [7, 11) is 1.94. The summed E-state index contributed by atoms with van der Waals surface area (Å²) in [5.41, 5.74) is 2.55. The number of carboxylic acid groups (broad SMARTS) is 1. The van der Waals surface area contributed by atoms with E-state index in [0.29, 0.717) is 11.5 Å². The Hall–Kier alpha value is -1.29. The molecule has 0 spiro atoms. The van der Waals surface area contributed by atoms with Crippen molar-refractivity contribution in [1.82, 2.24) is 4.57 Å². The van der Waals surface area contributed by atoms with E-state index in [1.54, 1.807) is 6.07 Å². The number of nitrogens with zero attached hydrogens (tertiary/aromatic N) is 1. The molecule has 17 heavy (non-hydrogen) atoms. The van der Waals surface area contributed by atoms with Crippen molar-refractivity contribution in [2.45, 2.75) is 18.8 Å². The molecule has 0 amide bonds. The number of aromatic nitrogens is 1. The van der Waals surface area contributed by atoms with Gasteiger partial charge in [0.15, 0.2) is 0 Å². The van der Waals surface area contributed by atoms with Gasteiger partial charge in [-0.2, -0.15) is 0 Å². The lowest BCUT2D eigenvalue weighted by atomic mass is 10.0. The monoisotopic (exact) mass is 293 g/mol. The van der Waals surface area contributed by atoms with E-state index in [9.17, 15) is 4.79 Å². The van der Waals surface area contributed by atoms with Gasteiger partial charge >= 0.3 is 5.97 Å². The van der Waals surface area contributed by atoms with Gasteiger partial charge < -0.3 is 9.67 Å². The minimum atomic E-state index is -0.855. The molecule has 0 saturated heterocycles. The van der Waals surface area contributed by atoms with Crippen LogP contribution in [-0.2, 0) is 7.05 Å². The summed E-state index contributed by atoms with van der Waals surface area (Å²) in [5, 5.41) is 10.3. The zero-order chi connectivity index (χ0) is 12.2. The molecule has 0 bridgehead atoms. The molecular weight excluding hydrogens is 282 g/mol. The number of hydrogen-bond acceptors (Lipinski definition) is 1. The standard InChI is InChI=1S/C13H12BrNO2/c1-15-11-5-8(13(16)17)4-9(7-2-3-7)10(11)6-12(15)14/h4-7H,2-3H2,1H3,(H,16,17). The highest BCUT2D eigenvalue weighted by Gasteiger charge is 2.27. The van der Waals surface area contributed by atoms with E-state index in [0.717, 1.165) is 10.1 Å². The van der Waals surface area contributed by atoms with Crippen LogP contribution in [-0.4, -0.2) is 15.6 Å². The predicted molar refractivity (Wildman–Crippen MR) is 69.6 cm³/mol. The first-order valence-electron chi connectivity index (χ1n) is 5.60. The molecule has 0 unspecified atom stereocenters. The average Bonchev–Trinajstić information content (AvgIpc) is 3.07. The molecule has 1 aromatic carbocycles. The number of aromatic carboxylic acids is 1. The van der Waals surface area contributed by atoms with Gasteiger partial charge in [0.2, 0.25) is 0 Å². The Morgan fingerprint density at radius 1 is 1.41 bits per heavy atom. The van der Waals surface area contributed by atoms with Crippen molar-refractivity contribution in [1.29, 1.82) is 0 Å². The van der Waals surface area contributed by atoms with E-state index in [2.05, 4.69) is 22.0 Å². The van der Waals surface area contributed by atoms with Crippen LogP contribution in [0.2, 0.25) is 0 Å². The van der Waals surface area contributed by atoms with Crippen molar-refractivity contribution >= 4 is 32.8 Å². The lowest BCUT2D eigenvalue weighted by molar-refractivity contribution is 0.0697. The van der Waals surface area contributed by atoms with Crippen molar-refractivity contribution in [2.24, 2.45) is 7.05 Å². The third kappa shape index (κ3) is 1.67. The van der Waals surface area contributed by atoms with Gasteiger partial charge in [-0.05, 0) is 58.5 Å². The van der Waals surface area contributed by atoms with Crippen LogP contribution in [0.25, 0.3) is 10.9 Å². The summed E-state index contributed by atoms with van der Waals surface area (Å²) in [5.74, 6) is -0.308. The van der Waals surface area contributed by atoms with Crippen molar-refractivity contribution < 1.29 is 9.90 Å². The van der Waals surface area contributed by atoms with E-state index in [1.807, 2.05) is 17.7 Å². The maximum Gasteiger partial charge on any atom is 0.335 e. The molecule has 4 heteroatoms. The Balaban J connectivity index is 2.35. The van der Waals surface area contributed by atoms with Crippen LogP contribution < -0.4 is 0 Å². The predicted octanol–water partition coefficient (Wildman–Crippen LogP) is 3.52. The second-order valence-corrected chi connectivity index (χ2v) is 5.42. The minimum absolute atomic E-state index is 0.383. The molecule has 3 rings (SSSR count). The average molecular weight is 294 g/mol. The summed E-state index contributed by atoms with van der Waals surface area (Å²) in [4.78, 5) is 11.1. The van der Waals surface area contributed by atoms with Gasteiger partial charge in [-0.25, -0.2) is 4.79 Å². The Bertz CT molecular complexity index is 626. The highest BCUT2D eigenvalue weighted by atomic mass is 79.9. The summed E-state index contributed by atoms with van der Waals surface area (Å²) in [6.45, 7) is 0. The Labute approximate surface area is 107 Å². The van der Waals surface area contributed by atoms with Crippen molar-refractivity contribution in [2.75, 3.05) is 0 Å². The molecule has 0 atom stereocenters. The molecule has 3 nitrogen and oxygen atoms in total. The molecule has 1 aromatic heterocycles. The first-order valence-corrected chi connectivity index (χ1v) is 6.39. The fourth-order valence-corrected chi connectivity index (χ4v) is 2.70. The number of halogens is 1. The maximum atomic E-state index is 11.1. The molecule has 0 aliphatic heterocycles. The van der Waals surface area contributed by atoms with Crippen molar-refractivity contribution in [3.63, 3.8) is 0 Å². The number of rotatable bonds is 2. The van der Waals surface area contributed by atoms with Crippen LogP contribution in [0, 0.1) is 0 Å². The van der Waals surface area contributed by atoms with E-state index in [1.165, 1.54) is 23.8 Å². The van der Waals surface area contributed by atoms with Crippen LogP contribution >= 0.6 is 15.9 Å². The SMILES string of the molecule is Cn1c(Br)cc2c(C3CC3)cc(C(=O)O)cc21. The zero-order valence-electron chi connectivity index (χ0n) is 9.40. The van der Waals surface area contributed by atoms with Gasteiger partial charge in [0.05, 0.1) is 10.2 Å². The van der Waals surface area contributed by atoms with Crippen LogP contribution in [0.15, 0.2) is 22.8 Å². The van der Waals surface area contributed by atoms with Crippen LogP contribution in [0.1, 0.15) is 34.7 Å². The van der Waals surface area contributed by atoms with Gasteiger partial charge in [-0.3, -0.25) is 0 Å². The van der Waals surface area contributed by atoms with Crippen LogP contribution in [0.5, 0.6) is 0 Å². The highest BCUT2D eigenvalue weighted by molar-refractivity contribution is 9.10. The lowest BCUT2D eigenvalue weighted by Gasteiger charge is -2.05. The molecule has 1 fully saturated rings. The van der Waals surface area contributed by atoms with Crippen LogP contribution in [0.4, 0.5) is 0 Å². The molecule has 1 aliphatic carbocycles. The quantitative estimate of drug-likeness (QED) is 0.921. The smallest absolute Gasteiger partial charge is 0.335 e. The lowest BCUT2D eigenvalue weighted by Crippen LogP contribution is -1.99. The van der Waals surface area contributed by atoms with E-state index >= 15 is 0 Å². The Morgan fingerprint density at radius 2 is 2.12 bits per heavy atom. The fraction of sp³-hybridized carbons (Fsp3) is 0.308. The first kappa shape index (κ1) is 10.8. The third-order valence-corrected chi connectivity index (χ3v) is 4.16. The van der Waals surface area contributed by atoms with Gasteiger partial charge in [-0.15, -0.1) is 0 Å². The van der Waals surface area contributed by atoms with Crippen LogP contribution in [0.3, 0.4) is 0 Å². The first-order chi connectivity index (χ1) is 8.08. The molecule has 1 aliphatic rings. The van der Waals surface area contributed by atoms with Gasteiger partial charge in [0, 0.05) is 18.0 Å². The number of fused-ring (bicyclic) bond motifs is 1. The summed E-state index contributed by atoms with van der Waals surface area (Å²) in [6.07, 6.45) is 2.34. The second kappa shape index (κ2) is 3.60. The number of carboxylic acids is 1. The topological polar surface area (TPSA) is 42.2 Å². The van der Waals surface area contributed by atoms with Gasteiger partial charge in [0.1, 0.15) is 0 Å². The Morgan fingerprint density at radius 3 is 2.71 bits per heavy atom. The molecule has 1 N–H and O–H groups in total. The van der Waals surface area contributed by atoms with E-state index < -0.39 is 5.97 Å². The molecule has 88 valence electrons. The molecule has 2 aromatic rings. The Kier molecular flexibility index (Phi) is 2.30. The minimum Gasteiger partial charge on any atom is -0.478 e. The molecule has 1 heterocycles. The number of aryl methyl sites for hydroxylation is 1. The summed E-state index contributed by atoms with van der Waals surface area (Å²) >= 11 is 3.49. The number of carbonyl (C=O) groups is 1. The third-order valence-electron chi connectivity index (χ3n) is 3.40. The molecule has 0 radical (unpaired) electrons. The highest BCUT2D eigenvalue weighted by Crippen LogP contribution is 2.44. The van der Waals surface area contributed by atoms with Crippen molar-refractivity contribution in [3.8, 4) is 0 Å². The molecule has 1 saturated carbocycles. The normalized spacial score (nSPS) is 15.4. The second-order valence-electron chi connectivity index (χ2n) is 4.60. The fourth-order valence-electron chi connectivity index (χ4n) is 2.28. The van der Waals surface area contributed by atoms with Gasteiger partial charge in [0.25, 0.3) is 0 Å². The largest absolute Gasteiger partial charge is 0.478 e. The number of benzene rings is 1. The summed E-state index contributed by atoms with van der Waals surface area (Å²) < 4.78 is 2.96.